The van der Waals surface area contributed by atoms with Gasteiger partial charge in [-0.3, -0.25) is 0 Å². The molecular weight excluding hydrogens is 232 g/mol. The lowest BCUT2D eigenvalue weighted by Gasteiger charge is -2.04. The van der Waals surface area contributed by atoms with Gasteiger partial charge in [0.2, 0.25) is 0 Å². The molecule has 0 aliphatic heterocycles. The van der Waals surface area contributed by atoms with Gasteiger partial charge in [-0.2, -0.15) is 0 Å². The molecule has 0 N–H and O–H groups in total. The van der Waals surface area contributed by atoms with Crippen molar-refractivity contribution in [1.29, 1.82) is 0 Å². The third kappa shape index (κ3) is 8.39. The molecule has 0 bridgehead atoms. The highest BCUT2D eigenvalue weighted by Crippen LogP contribution is 2.06. The molecule has 0 unspecified atom stereocenters. The fourth-order valence-corrected chi connectivity index (χ4v) is 1.86. The first-order chi connectivity index (χ1) is 9.33. The number of hydrogen-bond donors (Lipinski definition) is 0. The van der Waals surface area contributed by atoms with E-state index in [2.05, 4.69) is 37.8 Å². The van der Waals surface area contributed by atoms with Crippen molar-refractivity contribution in [2.24, 2.45) is 0 Å². The number of ether oxygens (including phenoxy) is 1. The maximum Gasteiger partial charge on any atom is 0.0721 e. The van der Waals surface area contributed by atoms with Gasteiger partial charge < -0.3 is 4.74 Å². The minimum absolute atomic E-state index is 0.611. The first-order valence-corrected chi connectivity index (χ1v) is 7.29. The summed E-state index contributed by atoms with van der Waals surface area (Å²) in [4.78, 5) is 0. The Labute approximate surface area is 118 Å². The Morgan fingerprint density at radius 1 is 1.16 bits per heavy atom. The lowest BCUT2D eigenvalue weighted by molar-refractivity contribution is 0.144. The van der Waals surface area contributed by atoms with Gasteiger partial charge in [-0.1, -0.05) is 75.2 Å². The molecule has 1 heteroatoms. The van der Waals surface area contributed by atoms with Crippen LogP contribution in [-0.4, -0.2) is 6.61 Å². The first kappa shape index (κ1) is 15.7. The first-order valence-electron chi connectivity index (χ1n) is 7.29. The number of benzene rings is 1. The Hall–Kier alpha value is -1.34. The van der Waals surface area contributed by atoms with Crippen molar-refractivity contribution in [2.75, 3.05) is 6.61 Å². The largest absolute Gasteiger partial charge is 0.372 e. The normalized spacial score (nSPS) is 11.0. The molecule has 0 heterocycles. The van der Waals surface area contributed by atoms with Gasteiger partial charge in [-0.15, -0.1) is 0 Å². The van der Waals surface area contributed by atoms with Gasteiger partial charge in [0.15, 0.2) is 0 Å². The van der Waals surface area contributed by atoms with E-state index >= 15 is 0 Å². The lowest BCUT2D eigenvalue weighted by atomic mass is 10.1. The molecule has 1 aromatic rings. The van der Waals surface area contributed by atoms with E-state index in [9.17, 15) is 0 Å². The molecule has 0 aliphatic rings. The summed E-state index contributed by atoms with van der Waals surface area (Å²) in [5.74, 6) is 0. The fourth-order valence-electron chi connectivity index (χ4n) is 1.86. The van der Waals surface area contributed by atoms with Crippen LogP contribution < -0.4 is 0 Å². The number of unbranched alkanes of at least 4 members (excludes halogenated alkanes) is 4. The molecule has 0 spiro atoms. The van der Waals surface area contributed by atoms with Crippen molar-refractivity contribution in [3.05, 3.63) is 60.2 Å². The van der Waals surface area contributed by atoms with Crippen molar-refractivity contribution in [1.82, 2.24) is 0 Å². The van der Waals surface area contributed by atoms with E-state index in [0.29, 0.717) is 13.2 Å². The second kappa shape index (κ2) is 10.6. The standard InChI is InChI=1S/C18H26O/c1-3-4-5-6-7-9-12-17(2)15-19-16-18-13-10-8-11-14-18/h8-14H,2-7,15-16H2,1H3. The van der Waals surface area contributed by atoms with Crippen molar-refractivity contribution < 1.29 is 4.74 Å². The Balaban J connectivity index is 2.06. The molecule has 0 aromatic heterocycles. The van der Waals surface area contributed by atoms with Crippen LogP contribution in [0.3, 0.4) is 0 Å². The number of allylic oxidation sites excluding steroid dienone is 1. The maximum atomic E-state index is 5.63. The van der Waals surface area contributed by atoms with Gasteiger partial charge >= 0.3 is 0 Å². The third-order valence-electron chi connectivity index (χ3n) is 2.98. The molecule has 0 atom stereocenters. The second-order valence-electron chi connectivity index (χ2n) is 4.89. The molecule has 0 saturated heterocycles. The van der Waals surface area contributed by atoms with Crippen molar-refractivity contribution >= 4 is 0 Å². The molecule has 0 radical (unpaired) electrons. The van der Waals surface area contributed by atoms with Crippen LogP contribution >= 0.6 is 0 Å². The molecule has 1 aromatic carbocycles. The van der Waals surface area contributed by atoms with E-state index in [1.54, 1.807) is 0 Å². The summed E-state index contributed by atoms with van der Waals surface area (Å²) in [5.41, 5.74) is 2.25. The SMILES string of the molecule is C=C(C=CCCCCCC)COCc1ccccc1. The quantitative estimate of drug-likeness (QED) is 0.409. The smallest absolute Gasteiger partial charge is 0.0721 e. The Morgan fingerprint density at radius 3 is 2.68 bits per heavy atom. The summed E-state index contributed by atoms with van der Waals surface area (Å²) in [6.07, 6.45) is 10.7. The van der Waals surface area contributed by atoms with Gasteiger partial charge in [0.1, 0.15) is 0 Å². The van der Waals surface area contributed by atoms with Crippen LogP contribution in [0.5, 0.6) is 0 Å². The minimum Gasteiger partial charge on any atom is -0.372 e. The average Bonchev–Trinajstić information content (AvgIpc) is 2.44. The fraction of sp³-hybridized carbons (Fsp3) is 0.444. The summed E-state index contributed by atoms with van der Waals surface area (Å²) in [7, 11) is 0. The molecule has 0 saturated carbocycles. The zero-order valence-corrected chi connectivity index (χ0v) is 12.1. The monoisotopic (exact) mass is 258 g/mol. The zero-order chi connectivity index (χ0) is 13.8. The Morgan fingerprint density at radius 2 is 1.95 bits per heavy atom. The highest BCUT2D eigenvalue weighted by atomic mass is 16.5. The molecule has 104 valence electrons. The predicted molar refractivity (Wildman–Crippen MR) is 83.1 cm³/mol. The van der Waals surface area contributed by atoms with Gasteiger partial charge in [-0.25, -0.2) is 0 Å². The van der Waals surface area contributed by atoms with Gasteiger partial charge in [0, 0.05) is 0 Å². The summed E-state index contributed by atoms with van der Waals surface area (Å²) in [6, 6.07) is 10.2. The molecule has 19 heavy (non-hydrogen) atoms. The molecule has 0 aliphatic carbocycles. The second-order valence-corrected chi connectivity index (χ2v) is 4.89. The highest BCUT2D eigenvalue weighted by molar-refractivity contribution is 5.16. The molecular formula is C18H26O. The van der Waals surface area contributed by atoms with Crippen LogP contribution in [0, 0.1) is 0 Å². The maximum absolute atomic E-state index is 5.63. The van der Waals surface area contributed by atoms with Crippen LogP contribution in [0.1, 0.15) is 44.6 Å². The van der Waals surface area contributed by atoms with Crippen LogP contribution in [0.2, 0.25) is 0 Å². The van der Waals surface area contributed by atoms with Crippen LogP contribution in [0.15, 0.2) is 54.6 Å². The summed E-state index contributed by atoms with van der Waals surface area (Å²) < 4.78 is 5.63. The van der Waals surface area contributed by atoms with Crippen LogP contribution in [-0.2, 0) is 11.3 Å². The van der Waals surface area contributed by atoms with E-state index in [4.69, 9.17) is 4.74 Å². The van der Waals surface area contributed by atoms with Gasteiger partial charge in [-0.05, 0) is 24.0 Å². The van der Waals surface area contributed by atoms with E-state index in [-0.39, 0.29) is 0 Å². The highest BCUT2D eigenvalue weighted by Gasteiger charge is 1.93. The zero-order valence-electron chi connectivity index (χ0n) is 12.1. The van der Waals surface area contributed by atoms with Crippen LogP contribution in [0.4, 0.5) is 0 Å². The Bertz CT molecular complexity index is 365. The molecule has 0 fully saturated rings. The van der Waals surface area contributed by atoms with Crippen LogP contribution in [0.25, 0.3) is 0 Å². The molecule has 1 rings (SSSR count). The molecule has 1 nitrogen and oxygen atoms in total. The van der Waals surface area contributed by atoms with E-state index < -0.39 is 0 Å². The summed E-state index contributed by atoms with van der Waals surface area (Å²) in [5, 5.41) is 0. The van der Waals surface area contributed by atoms with E-state index in [1.165, 1.54) is 31.2 Å². The minimum atomic E-state index is 0.611. The van der Waals surface area contributed by atoms with Crippen molar-refractivity contribution in [3.63, 3.8) is 0 Å². The number of rotatable bonds is 10. The Kier molecular flexibility index (Phi) is 8.74. The topological polar surface area (TPSA) is 9.23 Å². The lowest BCUT2D eigenvalue weighted by Crippen LogP contribution is -1.96. The van der Waals surface area contributed by atoms with Gasteiger partial charge in [0.25, 0.3) is 0 Å². The third-order valence-corrected chi connectivity index (χ3v) is 2.98. The average molecular weight is 258 g/mol. The summed E-state index contributed by atoms with van der Waals surface area (Å²) in [6.45, 7) is 7.51. The predicted octanol–water partition coefficient (Wildman–Crippen LogP) is 5.29. The van der Waals surface area contributed by atoms with E-state index in [1.807, 2.05) is 18.2 Å². The van der Waals surface area contributed by atoms with Crippen molar-refractivity contribution in [3.8, 4) is 0 Å². The molecule has 0 amide bonds. The van der Waals surface area contributed by atoms with Crippen molar-refractivity contribution in [2.45, 2.75) is 45.6 Å². The number of hydrogen-bond acceptors (Lipinski definition) is 1. The van der Waals surface area contributed by atoms with Gasteiger partial charge in [0.05, 0.1) is 13.2 Å². The van der Waals surface area contributed by atoms with E-state index in [0.717, 1.165) is 12.0 Å². The summed E-state index contributed by atoms with van der Waals surface area (Å²) >= 11 is 0.